The third-order valence-electron chi connectivity index (χ3n) is 10.2. The topological polar surface area (TPSA) is 174 Å². The number of piperidine rings is 1. The molecule has 6 atom stereocenters. The predicted molar refractivity (Wildman–Crippen MR) is 182 cm³/mol. The zero-order valence-electron chi connectivity index (χ0n) is 29.8. The number of aliphatic hydroxyl groups is 1. The zero-order valence-corrected chi connectivity index (χ0v) is 30.7. The first kappa shape index (κ1) is 37.6. The van der Waals surface area contributed by atoms with E-state index in [-0.39, 0.29) is 34.0 Å². The zero-order chi connectivity index (χ0) is 36.0. The molecule has 5 N–H and O–H groups in total. The Balaban J connectivity index is 1.52. The summed E-state index contributed by atoms with van der Waals surface area (Å²) in [6, 6.07) is 2.99. The molecule has 1 aromatic rings. The van der Waals surface area contributed by atoms with Gasteiger partial charge in [-0.05, 0) is 74.8 Å². The van der Waals surface area contributed by atoms with Gasteiger partial charge in [-0.1, -0.05) is 71.6 Å². The molecule has 2 aliphatic carbocycles. The Morgan fingerprint density at radius 3 is 2.12 bits per heavy atom. The molecule has 0 aromatic heterocycles. The van der Waals surface area contributed by atoms with Crippen molar-refractivity contribution in [1.82, 2.24) is 26.2 Å². The first-order valence-electron chi connectivity index (χ1n) is 17.0. The van der Waals surface area contributed by atoms with Crippen LogP contribution in [0, 0.1) is 35.5 Å². The molecule has 1 saturated heterocycles. The molecule has 0 bridgehead atoms. The molecule has 1 aromatic carbocycles. The van der Waals surface area contributed by atoms with Crippen LogP contribution >= 0.6 is 0 Å². The molecule has 12 nitrogen and oxygen atoms in total. The van der Waals surface area contributed by atoms with E-state index in [9.17, 15) is 32.7 Å². The lowest BCUT2D eigenvalue weighted by Gasteiger charge is -2.39. The van der Waals surface area contributed by atoms with Gasteiger partial charge >= 0.3 is 6.03 Å². The van der Waals surface area contributed by atoms with Gasteiger partial charge in [-0.25, -0.2) is 13.2 Å². The van der Waals surface area contributed by atoms with Gasteiger partial charge in [0.1, 0.15) is 18.0 Å². The Morgan fingerprint density at radius 1 is 1.00 bits per heavy atom. The quantitative estimate of drug-likeness (QED) is 0.238. The first-order valence-corrected chi connectivity index (χ1v) is 18.6. The largest absolute Gasteiger partial charge is 0.381 e. The van der Waals surface area contributed by atoms with Crippen LogP contribution in [0.25, 0.3) is 0 Å². The van der Waals surface area contributed by atoms with Crippen molar-refractivity contribution in [3.63, 3.8) is 0 Å². The normalized spacial score (nSPS) is 24.0. The monoisotopic (exact) mass is 689 g/mol. The van der Waals surface area contributed by atoms with Gasteiger partial charge in [0.25, 0.3) is 5.91 Å². The van der Waals surface area contributed by atoms with Crippen LogP contribution in [-0.4, -0.2) is 84.4 Å². The van der Waals surface area contributed by atoms with Gasteiger partial charge in [0.15, 0.2) is 15.9 Å². The van der Waals surface area contributed by atoms with Gasteiger partial charge in [-0.2, -0.15) is 0 Å². The van der Waals surface area contributed by atoms with Crippen molar-refractivity contribution in [2.24, 2.45) is 28.6 Å². The highest BCUT2D eigenvalue weighted by molar-refractivity contribution is 7.91. The molecular weight excluding hydrogens is 634 g/mol. The van der Waals surface area contributed by atoms with Crippen molar-refractivity contribution in [1.29, 1.82) is 0 Å². The number of benzene rings is 1. The number of sulfone groups is 1. The molecule has 4 rings (SSSR count). The summed E-state index contributed by atoms with van der Waals surface area (Å²) in [6.07, 6.45) is 1.42. The van der Waals surface area contributed by atoms with Crippen molar-refractivity contribution in [2.75, 3.05) is 12.4 Å². The fraction of sp³-hybridized carbons (Fsp3) is 0.714. The molecule has 5 amide bonds. The maximum Gasteiger partial charge on any atom is 0.315 e. The molecule has 48 heavy (non-hydrogen) atoms. The Labute approximate surface area is 285 Å². The van der Waals surface area contributed by atoms with Crippen molar-refractivity contribution in [2.45, 2.75) is 123 Å². The van der Waals surface area contributed by atoms with Gasteiger partial charge < -0.3 is 31.3 Å². The minimum absolute atomic E-state index is 0.0498. The number of nitrogens with zero attached hydrogens (tertiary/aromatic N) is 1. The molecule has 268 valence electrons. The molecule has 3 fully saturated rings. The van der Waals surface area contributed by atoms with Gasteiger partial charge in [-0.3, -0.25) is 14.4 Å². The number of fused-ring (bicyclic) bond motifs is 1. The maximum absolute atomic E-state index is 14.2. The van der Waals surface area contributed by atoms with Crippen molar-refractivity contribution < 1.29 is 32.7 Å². The van der Waals surface area contributed by atoms with Gasteiger partial charge in [0, 0.05) is 12.1 Å². The van der Waals surface area contributed by atoms with E-state index in [1.165, 1.54) is 12.1 Å². The molecule has 0 radical (unpaired) electrons. The van der Waals surface area contributed by atoms with Crippen molar-refractivity contribution in [3.8, 4) is 0 Å². The molecule has 0 spiro atoms. The average molecular weight is 690 g/mol. The van der Waals surface area contributed by atoms with E-state index in [4.69, 9.17) is 0 Å². The van der Waals surface area contributed by atoms with Crippen LogP contribution in [0.3, 0.4) is 0 Å². The smallest absolute Gasteiger partial charge is 0.315 e. The van der Waals surface area contributed by atoms with Gasteiger partial charge in [-0.15, -0.1) is 0 Å². The minimum atomic E-state index is -3.86. The molecule has 2 saturated carbocycles. The summed E-state index contributed by atoms with van der Waals surface area (Å²) in [5.74, 6) is -2.33. The van der Waals surface area contributed by atoms with Crippen molar-refractivity contribution in [3.05, 3.63) is 29.8 Å². The number of likely N-dealkylation sites (tertiary alicyclic amines) is 1. The Morgan fingerprint density at radius 2 is 1.60 bits per heavy atom. The highest BCUT2D eigenvalue weighted by atomic mass is 32.2. The Kier molecular flexibility index (Phi) is 10.7. The second-order valence-electron chi connectivity index (χ2n) is 16.7. The summed E-state index contributed by atoms with van der Waals surface area (Å²) in [6.45, 7) is 17.4. The number of hydrogen-bond acceptors (Lipinski definition) is 7. The van der Waals surface area contributed by atoms with Crippen LogP contribution in [0.4, 0.5) is 4.79 Å². The highest BCUT2D eigenvalue weighted by Gasteiger charge is 2.70. The predicted octanol–water partition coefficient (Wildman–Crippen LogP) is 2.87. The number of aryl methyl sites for hydroxylation is 1. The van der Waals surface area contributed by atoms with Crippen molar-refractivity contribution >= 4 is 33.6 Å². The summed E-state index contributed by atoms with van der Waals surface area (Å²) < 4.78 is 25.7. The summed E-state index contributed by atoms with van der Waals surface area (Å²) in [5, 5.41) is 22.2. The fourth-order valence-corrected chi connectivity index (χ4v) is 8.09. The average Bonchev–Trinajstić information content (AvgIpc) is 3.25. The summed E-state index contributed by atoms with van der Waals surface area (Å²) in [5.41, 5.74) is -0.500. The van der Waals surface area contributed by atoms with E-state index in [1.807, 2.05) is 48.5 Å². The summed E-state index contributed by atoms with van der Waals surface area (Å²) in [4.78, 5) is 56.0. The standard InChI is InChI=1S/C35H55N5O7S/c1-20-13-15-22(16-14-20)48(46,47)19-36-30(43)27(41)24(17-21-11-10-12-21)37-29(42)26-25-23(35(25,8)9)18-40(26)31(44)28(33(2,3)4)38-32(45)39-34(5,6)7/h13-16,21,23-28,41H,10-12,17-19H2,1-9H3,(H,36,43)(H,37,42)(H2,38,39,45)/t23-,24?,25-,26-,27?,28+/m0/s1. The van der Waals surface area contributed by atoms with E-state index in [2.05, 4.69) is 35.1 Å². The molecule has 1 heterocycles. The number of carbonyl (C=O) groups is 4. The number of aliphatic hydroxyl groups excluding tert-OH is 1. The lowest BCUT2D eigenvalue weighted by molar-refractivity contribution is -0.145. The van der Waals surface area contributed by atoms with E-state index in [1.54, 1.807) is 17.0 Å². The summed E-state index contributed by atoms with van der Waals surface area (Å²) >= 11 is 0. The number of amides is 5. The van der Waals surface area contributed by atoms with E-state index in [0.29, 0.717) is 13.0 Å². The third kappa shape index (κ3) is 8.50. The fourth-order valence-electron chi connectivity index (χ4n) is 7.04. The van der Waals surface area contributed by atoms with E-state index >= 15 is 0 Å². The third-order valence-corrected chi connectivity index (χ3v) is 11.8. The lowest BCUT2D eigenvalue weighted by atomic mass is 9.79. The molecule has 2 unspecified atom stereocenters. The Hall–Kier alpha value is -3.19. The van der Waals surface area contributed by atoms with Gasteiger partial charge in [0.2, 0.25) is 11.8 Å². The Bertz CT molecular complexity index is 1490. The van der Waals surface area contributed by atoms with Crippen LogP contribution in [0.5, 0.6) is 0 Å². The molecule has 3 aliphatic rings. The van der Waals surface area contributed by atoms with Gasteiger partial charge in [0.05, 0.1) is 10.9 Å². The van der Waals surface area contributed by atoms with Crippen LogP contribution < -0.4 is 21.3 Å². The molecular formula is C35H55N5O7S. The second-order valence-corrected chi connectivity index (χ2v) is 18.7. The minimum Gasteiger partial charge on any atom is -0.381 e. The number of rotatable bonds is 11. The highest BCUT2D eigenvalue weighted by Crippen LogP contribution is 2.65. The number of hydrogen-bond donors (Lipinski definition) is 5. The lowest BCUT2D eigenvalue weighted by Crippen LogP contribution is -2.62. The summed E-state index contributed by atoms with van der Waals surface area (Å²) in [7, 11) is -3.86. The molecule has 13 heteroatoms. The second kappa shape index (κ2) is 13.6. The number of nitrogens with one attached hydrogen (secondary N) is 4. The first-order chi connectivity index (χ1) is 22.0. The van der Waals surface area contributed by atoms with Crippen LogP contribution in [-0.2, 0) is 24.2 Å². The number of urea groups is 1. The van der Waals surface area contributed by atoms with E-state index < -0.39 is 68.7 Å². The SMILES string of the molecule is Cc1ccc(S(=O)(=O)CNC(=O)C(O)C(CC2CCC2)NC(=O)[C@@H]2[C@@H]3[C@H](CN2C(=O)[C@@H](NC(=O)NC(C)(C)C)C(C)(C)C)C3(C)C)cc1. The molecule has 1 aliphatic heterocycles. The van der Waals surface area contributed by atoms with Crippen LogP contribution in [0.1, 0.15) is 86.6 Å². The van der Waals surface area contributed by atoms with Crippen LogP contribution in [0.15, 0.2) is 29.2 Å². The maximum atomic E-state index is 14.2. The van der Waals surface area contributed by atoms with Crippen LogP contribution in [0.2, 0.25) is 0 Å². The number of carbonyl (C=O) groups excluding carboxylic acids is 4. The van der Waals surface area contributed by atoms with E-state index in [0.717, 1.165) is 24.8 Å².